The van der Waals surface area contributed by atoms with Crippen molar-refractivity contribution in [1.82, 2.24) is 10.2 Å². The minimum absolute atomic E-state index is 0.512. The Bertz CT molecular complexity index is 594. The zero-order valence-electron chi connectivity index (χ0n) is 10.5. The number of nitrogens with one attached hydrogen (secondary N) is 2. The van der Waals surface area contributed by atoms with E-state index in [1.165, 1.54) is 16.4 Å². The number of hydrogen-bond donors (Lipinski definition) is 2. The van der Waals surface area contributed by atoms with Gasteiger partial charge in [0, 0.05) is 17.4 Å². The third kappa shape index (κ3) is 2.25. The molecule has 2 rings (SSSR count). The number of aromatic amines is 1. The molecule has 0 aliphatic carbocycles. The number of H-pyrrole nitrogens is 1. The molecule has 0 fully saturated rings. The van der Waals surface area contributed by atoms with E-state index in [2.05, 4.69) is 50.6 Å². The Hall–Kier alpha value is -1.78. The van der Waals surface area contributed by atoms with Crippen molar-refractivity contribution in [3.05, 3.63) is 29.5 Å². The smallest absolute Gasteiger partial charge is 0.0763 e. The number of aryl methyl sites for hydroxylation is 1. The predicted octanol–water partition coefficient (Wildman–Crippen LogP) is 2.24. The molecule has 0 radical (unpaired) electrons. The summed E-state index contributed by atoms with van der Waals surface area (Å²) >= 11 is 0. The van der Waals surface area contributed by atoms with E-state index < -0.39 is 0 Å². The van der Waals surface area contributed by atoms with Gasteiger partial charge in [0.1, 0.15) is 0 Å². The van der Waals surface area contributed by atoms with Crippen LogP contribution in [0.5, 0.6) is 0 Å². The topological polar surface area (TPSA) is 40.7 Å². The average molecular weight is 257 g/mol. The van der Waals surface area contributed by atoms with Crippen molar-refractivity contribution in [2.75, 3.05) is 11.9 Å². The lowest BCUT2D eigenvalue weighted by Gasteiger charge is -2.17. The van der Waals surface area contributed by atoms with Gasteiger partial charge in [0.2, 0.25) is 0 Å². The van der Waals surface area contributed by atoms with Crippen LogP contribution in [-0.2, 0) is 0 Å². The van der Waals surface area contributed by atoms with Crippen LogP contribution in [0.3, 0.4) is 0 Å². The van der Waals surface area contributed by atoms with E-state index in [1.807, 2.05) is 6.07 Å². The van der Waals surface area contributed by atoms with Gasteiger partial charge in [-0.05, 0) is 42.4 Å². The fourth-order valence-electron chi connectivity index (χ4n) is 2.04. The normalized spacial score (nSPS) is 10.1. The largest absolute Gasteiger partial charge is 0.373 e. The number of anilines is 1. The maximum Gasteiger partial charge on any atom is 0.0763 e. The summed E-state index contributed by atoms with van der Waals surface area (Å²) in [5, 5.41) is 11.5. The molecule has 4 heteroatoms. The van der Waals surface area contributed by atoms with Gasteiger partial charge in [-0.15, -0.1) is 15.7 Å². The lowest BCUT2D eigenvalue weighted by Crippen LogP contribution is -2.09. The highest BCUT2D eigenvalue weighted by molar-refractivity contribution is 7.27. The minimum Gasteiger partial charge on any atom is -0.373 e. The first-order valence-corrected chi connectivity index (χ1v) is 6.29. The van der Waals surface area contributed by atoms with Crippen LogP contribution >= 0.6 is 9.24 Å². The first kappa shape index (κ1) is 12.7. The summed E-state index contributed by atoms with van der Waals surface area (Å²) in [4.78, 5) is 0. The molecule has 1 atom stereocenters. The third-order valence-electron chi connectivity index (χ3n) is 2.96. The monoisotopic (exact) mass is 257 g/mol. The lowest BCUT2D eigenvalue weighted by molar-refractivity contribution is 1.09. The molecule has 0 aliphatic heterocycles. The Morgan fingerprint density at radius 1 is 1.50 bits per heavy atom. The van der Waals surface area contributed by atoms with Crippen LogP contribution in [0.1, 0.15) is 11.1 Å². The van der Waals surface area contributed by atoms with Gasteiger partial charge in [0.25, 0.3) is 0 Å². The van der Waals surface area contributed by atoms with E-state index >= 15 is 0 Å². The molecule has 1 heterocycles. The lowest BCUT2D eigenvalue weighted by atomic mass is 9.99. The van der Waals surface area contributed by atoms with Crippen molar-refractivity contribution in [2.45, 2.75) is 13.8 Å². The molecule has 2 aromatic rings. The van der Waals surface area contributed by atoms with Crippen LogP contribution in [0.15, 0.2) is 18.3 Å². The third-order valence-corrected chi connectivity index (χ3v) is 3.56. The summed E-state index contributed by atoms with van der Waals surface area (Å²) in [6.45, 7) is 4.68. The molecule has 1 aromatic carbocycles. The molecule has 0 amide bonds. The van der Waals surface area contributed by atoms with Crippen molar-refractivity contribution in [2.24, 2.45) is 0 Å². The van der Waals surface area contributed by atoms with Crippen molar-refractivity contribution in [1.29, 1.82) is 0 Å². The highest BCUT2D eigenvalue weighted by atomic mass is 31.0. The van der Waals surface area contributed by atoms with Crippen LogP contribution in [0.4, 0.5) is 5.69 Å². The fraction of sp³-hybridized carbons (Fsp3) is 0.214. The van der Waals surface area contributed by atoms with E-state index in [9.17, 15) is 0 Å². The number of benzene rings is 1. The molecule has 1 unspecified atom stereocenters. The molecule has 0 spiro atoms. The van der Waals surface area contributed by atoms with Crippen molar-refractivity contribution in [3.8, 4) is 23.6 Å². The zero-order chi connectivity index (χ0) is 13.1. The molecule has 0 saturated heterocycles. The van der Waals surface area contributed by atoms with Crippen LogP contribution in [0.2, 0.25) is 0 Å². The molecule has 3 nitrogen and oxygen atoms in total. The van der Waals surface area contributed by atoms with E-state index in [1.54, 1.807) is 6.20 Å². The molecule has 0 saturated carbocycles. The van der Waals surface area contributed by atoms with E-state index in [0.29, 0.717) is 6.54 Å². The Labute approximate surface area is 110 Å². The molecular weight excluding hydrogens is 241 g/mol. The first-order valence-electron chi connectivity index (χ1n) is 5.72. The van der Waals surface area contributed by atoms with Crippen LogP contribution in [0.25, 0.3) is 11.3 Å². The Morgan fingerprint density at radius 2 is 2.28 bits per heavy atom. The second-order valence-corrected chi connectivity index (χ2v) is 4.81. The zero-order valence-corrected chi connectivity index (χ0v) is 11.7. The van der Waals surface area contributed by atoms with Crippen LogP contribution < -0.4 is 10.6 Å². The quantitative estimate of drug-likeness (QED) is 0.654. The summed E-state index contributed by atoms with van der Waals surface area (Å²) in [7, 11) is 2.77. The minimum atomic E-state index is 0.512. The maximum absolute atomic E-state index is 5.33. The number of terminal acetylenes is 1. The summed E-state index contributed by atoms with van der Waals surface area (Å²) in [6, 6.07) is 4.10. The second-order valence-electron chi connectivity index (χ2n) is 4.19. The fourth-order valence-corrected chi connectivity index (χ4v) is 2.44. The van der Waals surface area contributed by atoms with E-state index in [4.69, 9.17) is 6.42 Å². The maximum atomic E-state index is 5.33. The highest BCUT2D eigenvalue weighted by Crippen LogP contribution is 2.32. The Balaban J connectivity index is 2.64. The Kier molecular flexibility index (Phi) is 3.69. The van der Waals surface area contributed by atoms with Gasteiger partial charge < -0.3 is 5.32 Å². The van der Waals surface area contributed by atoms with Crippen LogP contribution in [-0.4, -0.2) is 16.7 Å². The molecule has 92 valence electrons. The molecule has 0 bridgehead atoms. The number of rotatable bonds is 3. The van der Waals surface area contributed by atoms with Crippen molar-refractivity contribution in [3.63, 3.8) is 0 Å². The van der Waals surface area contributed by atoms with Crippen molar-refractivity contribution >= 4 is 20.2 Å². The van der Waals surface area contributed by atoms with Gasteiger partial charge in [-0.3, -0.25) is 5.10 Å². The summed E-state index contributed by atoms with van der Waals surface area (Å²) in [5.74, 6) is 2.61. The molecule has 2 N–H and O–H groups in total. The van der Waals surface area contributed by atoms with E-state index in [-0.39, 0.29) is 0 Å². The first-order chi connectivity index (χ1) is 8.65. The molecular formula is C14H16N3P. The molecule has 18 heavy (non-hydrogen) atoms. The summed E-state index contributed by atoms with van der Waals surface area (Å²) in [6.07, 6.45) is 7.08. The van der Waals surface area contributed by atoms with Gasteiger partial charge in [0.05, 0.1) is 12.2 Å². The van der Waals surface area contributed by atoms with Crippen molar-refractivity contribution < 1.29 is 0 Å². The highest BCUT2D eigenvalue weighted by Gasteiger charge is 2.14. The number of aromatic nitrogens is 2. The SMILES string of the molecule is C#CCNc1c(C)cc(P)c(C)c1-c1ccn[nH]1. The van der Waals surface area contributed by atoms with Gasteiger partial charge in [-0.25, -0.2) is 0 Å². The number of nitrogens with zero attached hydrogens (tertiary/aromatic N) is 1. The number of hydrogen-bond acceptors (Lipinski definition) is 2. The summed E-state index contributed by atoms with van der Waals surface area (Å²) < 4.78 is 0. The van der Waals surface area contributed by atoms with Crippen LogP contribution in [0, 0.1) is 26.2 Å². The Morgan fingerprint density at radius 3 is 2.89 bits per heavy atom. The molecule has 0 aliphatic rings. The van der Waals surface area contributed by atoms with Gasteiger partial charge in [0.15, 0.2) is 0 Å². The standard InChI is InChI=1S/C14H16N3P/c1-4-6-15-14-9(2)8-12(18)10(3)13(14)11-5-7-16-17-11/h1,5,7-8,15H,6,18H2,2-3H3,(H,16,17). The molecule has 1 aromatic heterocycles. The average Bonchev–Trinajstić information content (AvgIpc) is 2.85. The summed E-state index contributed by atoms with van der Waals surface area (Å²) in [5.41, 5.74) is 5.58. The van der Waals surface area contributed by atoms with Gasteiger partial charge >= 0.3 is 0 Å². The van der Waals surface area contributed by atoms with E-state index in [0.717, 1.165) is 16.9 Å². The predicted molar refractivity (Wildman–Crippen MR) is 80.2 cm³/mol. The van der Waals surface area contributed by atoms with Gasteiger partial charge in [-0.1, -0.05) is 5.92 Å². The second kappa shape index (κ2) is 5.25. The van der Waals surface area contributed by atoms with Gasteiger partial charge in [-0.2, -0.15) is 5.10 Å².